The van der Waals surface area contributed by atoms with Gasteiger partial charge < -0.3 is 21.1 Å². The van der Waals surface area contributed by atoms with Gasteiger partial charge in [-0.1, -0.05) is 6.07 Å². The molecular formula is C26H23IN6O3. The highest BCUT2D eigenvalue weighted by molar-refractivity contribution is 14.1. The van der Waals surface area contributed by atoms with Crippen molar-refractivity contribution in [3.05, 3.63) is 80.6 Å². The van der Waals surface area contributed by atoms with E-state index in [-0.39, 0.29) is 11.5 Å². The third-order valence-electron chi connectivity index (χ3n) is 5.96. The molecule has 1 aliphatic heterocycles. The predicted molar refractivity (Wildman–Crippen MR) is 146 cm³/mol. The maximum atomic E-state index is 12.8. The monoisotopic (exact) mass is 594 g/mol. The first kappa shape index (κ1) is 23.8. The van der Waals surface area contributed by atoms with Gasteiger partial charge in [0.05, 0.1) is 7.11 Å². The van der Waals surface area contributed by atoms with Crippen molar-refractivity contribution in [2.75, 3.05) is 17.7 Å². The Bertz CT molecular complexity index is 1510. The Morgan fingerprint density at radius 1 is 1.17 bits per heavy atom. The van der Waals surface area contributed by atoms with Gasteiger partial charge in [-0.05, 0) is 90.0 Å². The van der Waals surface area contributed by atoms with Gasteiger partial charge in [0.1, 0.15) is 28.6 Å². The second-order valence-corrected chi connectivity index (χ2v) is 9.62. The number of nitrogens with one attached hydrogen (secondary N) is 2. The normalized spacial score (nSPS) is 12.1. The highest BCUT2D eigenvalue weighted by Crippen LogP contribution is 2.38. The van der Waals surface area contributed by atoms with E-state index in [2.05, 4.69) is 44.3 Å². The molecule has 2 amide bonds. The number of ether oxygens (including phenoxy) is 1. The molecule has 5 rings (SSSR count). The van der Waals surface area contributed by atoms with Crippen LogP contribution in [-0.4, -0.2) is 33.7 Å². The fourth-order valence-corrected chi connectivity index (χ4v) is 4.80. The Labute approximate surface area is 221 Å². The second-order valence-electron chi connectivity index (χ2n) is 8.37. The lowest BCUT2D eigenvalue weighted by Crippen LogP contribution is -2.15. The molecule has 2 aromatic carbocycles. The minimum atomic E-state index is -0.609. The van der Waals surface area contributed by atoms with Gasteiger partial charge in [-0.25, -0.2) is 9.67 Å². The van der Waals surface area contributed by atoms with Crippen LogP contribution in [0.1, 0.15) is 32.0 Å². The van der Waals surface area contributed by atoms with Crippen molar-refractivity contribution in [2.24, 2.45) is 5.73 Å². The number of pyridine rings is 1. The van der Waals surface area contributed by atoms with Crippen LogP contribution in [0.2, 0.25) is 0 Å². The molecular weight excluding hydrogens is 571 g/mol. The lowest BCUT2D eigenvalue weighted by atomic mass is 10.0. The fourth-order valence-electron chi connectivity index (χ4n) is 4.25. The van der Waals surface area contributed by atoms with Crippen molar-refractivity contribution in [1.82, 2.24) is 14.8 Å². The lowest BCUT2D eigenvalue weighted by Gasteiger charge is -2.12. The minimum Gasteiger partial charge on any atom is -0.496 e. The molecule has 0 aliphatic carbocycles. The summed E-state index contributed by atoms with van der Waals surface area (Å²) in [6.45, 7) is 2.42. The Balaban J connectivity index is 1.53. The van der Waals surface area contributed by atoms with Crippen LogP contribution in [0.3, 0.4) is 0 Å². The summed E-state index contributed by atoms with van der Waals surface area (Å²) < 4.78 is 8.49. The highest BCUT2D eigenvalue weighted by Gasteiger charge is 2.28. The number of carbonyl (C=O) groups is 2. The first-order chi connectivity index (χ1) is 17.3. The third-order valence-corrected chi connectivity index (χ3v) is 6.63. The van der Waals surface area contributed by atoms with Crippen LogP contribution in [0.25, 0.3) is 11.3 Å². The smallest absolute Gasteiger partial charge is 0.256 e. The van der Waals surface area contributed by atoms with Gasteiger partial charge in [0.15, 0.2) is 0 Å². The predicted octanol–water partition coefficient (Wildman–Crippen LogP) is 4.52. The van der Waals surface area contributed by atoms with E-state index in [1.165, 1.54) is 7.11 Å². The van der Waals surface area contributed by atoms with Crippen LogP contribution >= 0.6 is 22.6 Å². The average Bonchev–Trinajstić information content (AvgIpc) is 3.12. The van der Waals surface area contributed by atoms with E-state index >= 15 is 0 Å². The molecule has 0 saturated heterocycles. The molecule has 9 nitrogen and oxygen atoms in total. The summed E-state index contributed by atoms with van der Waals surface area (Å²) in [5, 5.41) is 10.9. The van der Waals surface area contributed by atoms with Crippen LogP contribution in [0, 0.1) is 10.5 Å². The number of carbonyl (C=O) groups excluding carboxylic acids is 2. The number of fused-ring (bicyclic) bond motifs is 2. The molecule has 4 N–H and O–H groups in total. The second kappa shape index (κ2) is 9.61. The zero-order chi connectivity index (χ0) is 25.4. The van der Waals surface area contributed by atoms with Crippen LogP contribution in [0.4, 0.5) is 17.3 Å². The third kappa shape index (κ3) is 4.51. The van der Waals surface area contributed by atoms with Crippen molar-refractivity contribution in [3.8, 4) is 17.0 Å². The standard InChI is InChI=1S/C26H23IN6O3/c1-14-4-3-5-21(29-14)31-26(35)16-6-8-18(20(13-16)36-2)23-22(24(28)34)25-30-19-9-7-17(27)12-15(19)10-11-33(25)32-23/h3-9,12-13,30H,10-11H2,1-2H3,(H2,28,34)(H,29,31,35). The molecule has 3 heterocycles. The van der Waals surface area contributed by atoms with Gasteiger partial charge in [0.25, 0.3) is 11.8 Å². The number of amides is 2. The van der Waals surface area contributed by atoms with Gasteiger partial charge in [0, 0.05) is 32.6 Å². The minimum absolute atomic E-state index is 0.265. The number of aromatic nitrogens is 3. The van der Waals surface area contributed by atoms with Crippen LogP contribution in [0.5, 0.6) is 5.75 Å². The quantitative estimate of drug-likeness (QED) is 0.292. The topological polar surface area (TPSA) is 124 Å². The summed E-state index contributed by atoms with van der Waals surface area (Å²) in [6.07, 6.45) is 0.745. The van der Waals surface area contributed by atoms with Gasteiger partial charge in [-0.15, -0.1) is 0 Å². The number of aryl methyl sites for hydroxylation is 3. The number of rotatable bonds is 5. The molecule has 10 heteroatoms. The fraction of sp³-hybridized carbons (Fsp3) is 0.154. The summed E-state index contributed by atoms with van der Waals surface area (Å²) >= 11 is 2.28. The Morgan fingerprint density at radius 2 is 2.00 bits per heavy atom. The van der Waals surface area contributed by atoms with Crippen LogP contribution in [-0.2, 0) is 13.0 Å². The lowest BCUT2D eigenvalue weighted by molar-refractivity contribution is 0.0998. The zero-order valence-electron chi connectivity index (χ0n) is 19.6. The van der Waals surface area contributed by atoms with Gasteiger partial charge in [-0.2, -0.15) is 5.10 Å². The van der Waals surface area contributed by atoms with Crippen LogP contribution < -0.4 is 21.1 Å². The molecule has 4 aromatic rings. The largest absolute Gasteiger partial charge is 0.496 e. The first-order valence-electron chi connectivity index (χ1n) is 11.2. The summed E-state index contributed by atoms with van der Waals surface area (Å²) in [5.41, 5.74) is 10.3. The van der Waals surface area contributed by atoms with Crippen molar-refractivity contribution in [3.63, 3.8) is 0 Å². The van der Waals surface area contributed by atoms with E-state index in [0.29, 0.717) is 40.8 Å². The highest BCUT2D eigenvalue weighted by atomic mass is 127. The zero-order valence-corrected chi connectivity index (χ0v) is 21.8. The van der Waals surface area contributed by atoms with E-state index < -0.39 is 5.91 Å². The SMILES string of the molecule is COc1cc(C(=O)Nc2cccc(C)n2)ccc1-c1nn2c(c1C(N)=O)Nc1ccc(I)cc1CC2. The number of hydrogen-bond acceptors (Lipinski definition) is 6. The van der Waals surface area contributed by atoms with Crippen molar-refractivity contribution in [1.29, 1.82) is 0 Å². The number of nitrogens with two attached hydrogens (primary N) is 1. The van der Waals surface area contributed by atoms with Crippen molar-refractivity contribution in [2.45, 2.75) is 19.9 Å². The van der Waals surface area contributed by atoms with E-state index in [4.69, 9.17) is 15.6 Å². The molecule has 0 unspecified atom stereocenters. The molecule has 36 heavy (non-hydrogen) atoms. The summed E-state index contributed by atoms with van der Waals surface area (Å²) in [7, 11) is 1.50. The molecule has 0 radical (unpaired) electrons. The Kier molecular flexibility index (Phi) is 6.35. The Morgan fingerprint density at radius 3 is 2.75 bits per heavy atom. The van der Waals surface area contributed by atoms with E-state index in [1.807, 2.05) is 31.2 Å². The summed E-state index contributed by atoms with van der Waals surface area (Å²) in [6, 6.07) is 16.5. The number of primary amides is 1. The first-order valence-corrected chi connectivity index (χ1v) is 12.3. The molecule has 1 aliphatic rings. The maximum absolute atomic E-state index is 12.8. The van der Waals surface area contributed by atoms with E-state index in [1.54, 1.807) is 28.9 Å². The van der Waals surface area contributed by atoms with Gasteiger partial charge in [-0.3, -0.25) is 9.59 Å². The number of methoxy groups -OCH3 is 1. The van der Waals surface area contributed by atoms with E-state index in [0.717, 1.165) is 26.9 Å². The molecule has 0 fully saturated rings. The van der Waals surface area contributed by atoms with Gasteiger partial charge in [0.2, 0.25) is 0 Å². The van der Waals surface area contributed by atoms with Gasteiger partial charge >= 0.3 is 0 Å². The molecule has 0 saturated carbocycles. The van der Waals surface area contributed by atoms with Crippen LogP contribution in [0.15, 0.2) is 54.6 Å². The molecule has 182 valence electrons. The molecule has 0 bridgehead atoms. The summed E-state index contributed by atoms with van der Waals surface area (Å²) in [5.74, 6) is 0.444. The number of nitrogens with zero attached hydrogens (tertiary/aromatic N) is 3. The van der Waals surface area contributed by atoms with E-state index in [9.17, 15) is 9.59 Å². The molecule has 0 atom stereocenters. The number of halogens is 1. The summed E-state index contributed by atoms with van der Waals surface area (Å²) in [4.78, 5) is 29.8. The van der Waals surface area contributed by atoms with Crippen molar-refractivity contribution >= 4 is 51.7 Å². The number of benzene rings is 2. The molecule has 0 spiro atoms. The average molecular weight is 594 g/mol. The molecule has 2 aromatic heterocycles. The number of anilines is 3. The Hall–Kier alpha value is -3.93. The maximum Gasteiger partial charge on any atom is 0.256 e. The number of hydrogen-bond donors (Lipinski definition) is 3. The van der Waals surface area contributed by atoms with Crippen molar-refractivity contribution < 1.29 is 14.3 Å².